The van der Waals surface area contributed by atoms with Crippen molar-refractivity contribution >= 4 is 13.8 Å². The molecule has 8 nitrogen and oxygen atoms in total. The van der Waals surface area contributed by atoms with Crippen LogP contribution in [0.25, 0.3) is 0 Å². The van der Waals surface area contributed by atoms with Gasteiger partial charge in [-0.3, -0.25) is 13.8 Å². The summed E-state index contributed by atoms with van der Waals surface area (Å²) in [6, 6.07) is 0. The number of carbonyl (C=O) groups is 1. The summed E-state index contributed by atoms with van der Waals surface area (Å²) in [5, 5.41) is 0. The molecule has 0 aromatic carbocycles. The first-order valence-corrected chi connectivity index (χ1v) is 28.5. The Bertz CT molecular complexity index is 1460. The third-order valence-corrected chi connectivity index (χ3v) is 11.8. The highest BCUT2D eigenvalue weighted by molar-refractivity contribution is 7.47. The van der Waals surface area contributed by atoms with Gasteiger partial charge in [0.05, 0.1) is 19.8 Å². The minimum Gasteiger partial charge on any atom is -0.457 e. The minimum atomic E-state index is -4.31. The van der Waals surface area contributed by atoms with Gasteiger partial charge in [0.15, 0.2) is 0 Å². The van der Waals surface area contributed by atoms with Gasteiger partial charge in [-0.1, -0.05) is 212 Å². The molecular formula is C59H100NO7P. The van der Waals surface area contributed by atoms with Crippen molar-refractivity contribution < 1.29 is 32.8 Å². The third kappa shape index (κ3) is 53.8. The number of unbranched alkanes of at least 4 members (excludes halogenated alkanes) is 17. The Morgan fingerprint density at radius 1 is 0.456 bits per heavy atom. The zero-order valence-corrected chi connectivity index (χ0v) is 44.2. The van der Waals surface area contributed by atoms with Gasteiger partial charge in [0.2, 0.25) is 0 Å². The fraction of sp³-hybridized carbons (Fsp3) is 0.644. The summed E-state index contributed by atoms with van der Waals surface area (Å²) in [6.07, 6.45) is 76.7. The van der Waals surface area contributed by atoms with Gasteiger partial charge in [-0.05, 0) is 109 Å². The van der Waals surface area contributed by atoms with Crippen LogP contribution in [-0.4, -0.2) is 49.9 Å². The Balaban J connectivity index is 4.06. The number of hydrogen-bond acceptors (Lipinski definition) is 7. The quantitative estimate of drug-likeness (QED) is 0.0268. The third-order valence-electron chi connectivity index (χ3n) is 10.9. The highest BCUT2D eigenvalue weighted by atomic mass is 31.2. The van der Waals surface area contributed by atoms with Crippen LogP contribution in [0, 0.1) is 0 Å². The summed E-state index contributed by atoms with van der Waals surface area (Å²) in [5.41, 5.74) is 5.39. The van der Waals surface area contributed by atoms with E-state index in [-0.39, 0.29) is 32.3 Å². The van der Waals surface area contributed by atoms with E-state index in [1.807, 2.05) is 0 Å². The lowest BCUT2D eigenvalue weighted by Gasteiger charge is -2.20. The maximum Gasteiger partial charge on any atom is 0.472 e. The van der Waals surface area contributed by atoms with Crippen LogP contribution in [-0.2, 0) is 27.9 Å². The maximum atomic E-state index is 12.7. The van der Waals surface area contributed by atoms with E-state index >= 15 is 0 Å². The van der Waals surface area contributed by atoms with Gasteiger partial charge in [-0.15, -0.1) is 0 Å². The first kappa shape index (κ1) is 64.9. The fourth-order valence-electron chi connectivity index (χ4n) is 6.92. The Morgan fingerprint density at radius 3 is 1.24 bits per heavy atom. The Kier molecular flexibility index (Phi) is 52.3. The van der Waals surface area contributed by atoms with Crippen molar-refractivity contribution in [1.29, 1.82) is 0 Å². The molecule has 0 saturated carbocycles. The molecule has 0 aliphatic carbocycles. The molecule has 2 unspecified atom stereocenters. The van der Waals surface area contributed by atoms with Crippen molar-refractivity contribution in [3.05, 3.63) is 122 Å². The van der Waals surface area contributed by atoms with E-state index in [1.165, 1.54) is 89.9 Å². The summed E-state index contributed by atoms with van der Waals surface area (Å²) in [6.45, 7) is 4.66. The van der Waals surface area contributed by atoms with Crippen LogP contribution in [0.15, 0.2) is 122 Å². The zero-order valence-electron chi connectivity index (χ0n) is 43.3. The molecular weight excluding hydrogens is 866 g/mol. The highest BCUT2D eigenvalue weighted by Crippen LogP contribution is 2.43. The largest absolute Gasteiger partial charge is 0.472 e. The van der Waals surface area contributed by atoms with Crippen LogP contribution < -0.4 is 5.73 Å². The molecule has 2 atom stereocenters. The molecule has 0 saturated heterocycles. The van der Waals surface area contributed by atoms with Crippen molar-refractivity contribution in [2.45, 2.75) is 213 Å². The molecule has 3 N–H and O–H groups in total. The molecule has 0 aromatic heterocycles. The first-order chi connectivity index (χ1) is 33.4. The van der Waals surface area contributed by atoms with Gasteiger partial charge in [-0.2, -0.15) is 0 Å². The van der Waals surface area contributed by atoms with E-state index in [2.05, 4.69) is 135 Å². The van der Waals surface area contributed by atoms with E-state index in [4.69, 9.17) is 24.3 Å². The Labute approximate surface area is 417 Å². The number of hydrogen-bond donors (Lipinski definition) is 2. The Hall–Kier alpha value is -3.10. The van der Waals surface area contributed by atoms with Crippen LogP contribution in [0.2, 0.25) is 0 Å². The second-order valence-electron chi connectivity index (χ2n) is 17.4. The molecule has 0 aliphatic rings. The molecule has 0 heterocycles. The highest BCUT2D eigenvalue weighted by Gasteiger charge is 2.25. The lowest BCUT2D eigenvalue weighted by molar-refractivity contribution is -0.154. The average Bonchev–Trinajstić information content (AvgIpc) is 3.33. The van der Waals surface area contributed by atoms with Gasteiger partial charge in [0.25, 0.3) is 0 Å². The summed E-state index contributed by atoms with van der Waals surface area (Å²) in [5.74, 6) is -0.354. The van der Waals surface area contributed by atoms with Crippen LogP contribution >= 0.6 is 7.82 Å². The van der Waals surface area contributed by atoms with E-state index in [0.29, 0.717) is 13.0 Å². The zero-order chi connectivity index (χ0) is 49.4. The minimum absolute atomic E-state index is 0.0765. The second-order valence-corrected chi connectivity index (χ2v) is 18.8. The van der Waals surface area contributed by atoms with Gasteiger partial charge in [0, 0.05) is 19.6 Å². The Morgan fingerprint density at radius 2 is 0.824 bits per heavy atom. The number of phosphoric ester groups is 1. The molecule has 388 valence electrons. The van der Waals surface area contributed by atoms with Crippen LogP contribution in [0.4, 0.5) is 0 Å². The van der Waals surface area contributed by atoms with Crippen molar-refractivity contribution in [2.24, 2.45) is 5.73 Å². The summed E-state index contributed by atoms with van der Waals surface area (Å²) in [7, 11) is -4.31. The lowest BCUT2D eigenvalue weighted by atomic mass is 10.0. The molecule has 0 aliphatic heterocycles. The molecule has 0 aromatic rings. The lowest BCUT2D eigenvalue weighted by Crippen LogP contribution is -2.28. The normalized spacial score (nSPS) is 14.2. The summed E-state index contributed by atoms with van der Waals surface area (Å²) in [4.78, 5) is 22.6. The molecule has 68 heavy (non-hydrogen) atoms. The molecule has 0 fully saturated rings. The number of esters is 1. The number of carbonyl (C=O) groups excluding carboxylic acids is 1. The van der Waals surface area contributed by atoms with E-state index in [0.717, 1.165) is 96.3 Å². The standard InChI is InChI=1S/C59H100NO7P/c1-3-5-7-9-11-13-15-17-19-21-23-25-27-29-30-32-34-36-38-40-42-44-46-48-50-52-59(61)67-58(57-66-68(62,63)65-55-53-60)56-64-54-51-49-47-45-43-41-39-37-35-33-31-28-26-24-22-20-18-16-14-12-10-8-6-4-2/h6,8,12,14-15,17-18,20-21,23-24,26-27,29,31,33,37,39,43,45,58H,3-5,7,9-11,13,16,19,22,25,28,30,32,34-36,38,40-42,44,46-57,60H2,1-2H3,(H,62,63)/b8-6-,14-12-,17-15-,20-18-,23-21-,26-24-,29-27-,33-31-,39-37-,45-43-. The molecule has 0 rings (SSSR count). The smallest absolute Gasteiger partial charge is 0.457 e. The van der Waals surface area contributed by atoms with Gasteiger partial charge < -0.3 is 20.1 Å². The van der Waals surface area contributed by atoms with Crippen molar-refractivity contribution in [3.63, 3.8) is 0 Å². The van der Waals surface area contributed by atoms with E-state index in [1.54, 1.807) is 0 Å². The van der Waals surface area contributed by atoms with Gasteiger partial charge >= 0.3 is 13.8 Å². The van der Waals surface area contributed by atoms with Crippen LogP contribution in [0.1, 0.15) is 206 Å². The number of allylic oxidation sites excluding steroid dienone is 20. The second kappa shape index (κ2) is 54.8. The first-order valence-electron chi connectivity index (χ1n) is 27.0. The molecule has 0 amide bonds. The number of ether oxygens (including phenoxy) is 2. The number of nitrogens with two attached hydrogens (primary N) is 1. The predicted octanol–water partition coefficient (Wildman–Crippen LogP) is 17.3. The summed E-state index contributed by atoms with van der Waals surface area (Å²) >= 11 is 0. The SMILES string of the molecule is CC/C=C\C/C=C\C/C=C\C/C=C\C/C=C\C/C=C\C/C=C\CCCCOCC(COP(=O)(O)OCCN)OC(=O)CCCCCCCCCCCC/C=C\C/C=C\C/C=C\CCCCCCC. The predicted molar refractivity (Wildman–Crippen MR) is 293 cm³/mol. The van der Waals surface area contributed by atoms with E-state index in [9.17, 15) is 14.3 Å². The van der Waals surface area contributed by atoms with Crippen molar-refractivity contribution in [2.75, 3.05) is 33.0 Å². The maximum absolute atomic E-state index is 12.7. The molecule has 0 radical (unpaired) electrons. The summed E-state index contributed by atoms with van der Waals surface area (Å²) < 4.78 is 33.6. The van der Waals surface area contributed by atoms with E-state index < -0.39 is 13.9 Å². The number of rotatable bonds is 50. The average molecular weight is 966 g/mol. The molecule has 0 spiro atoms. The monoisotopic (exact) mass is 966 g/mol. The number of phosphoric acid groups is 1. The topological polar surface area (TPSA) is 117 Å². The van der Waals surface area contributed by atoms with Crippen LogP contribution in [0.3, 0.4) is 0 Å². The van der Waals surface area contributed by atoms with Crippen molar-refractivity contribution in [1.82, 2.24) is 0 Å². The van der Waals surface area contributed by atoms with Crippen LogP contribution in [0.5, 0.6) is 0 Å². The van der Waals surface area contributed by atoms with Gasteiger partial charge in [0.1, 0.15) is 6.10 Å². The van der Waals surface area contributed by atoms with Crippen molar-refractivity contribution in [3.8, 4) is 0 Å². The molecule has 9 heteroatoms. The fourth-order valence-corrected chi connectivity index (χ4v) is 7.69. The molecule has 0 bridgehead atoms. The van der Waals surface area contributed by atoms with Gasteiger partial charge in [-0.25, -0.2) is 4.57 Å².